The van der Waals surface area contributed by atoms with E-state index in [4.69, 9.17) is 5.11 Å². The second-order valence-corrected chi connectivity index (χ2v) is 8.00. The summed E-state index contributed by atoms with van der Waals surface area (Å²) >= 11 is 0. The molecule has 0 aliphatic rings. The maximum atomic E-state index is 12.3. The highest BCUT2D eigenvalue weighted by atomic mass is 32.2. The van der Waals surface area contributed by atoms with Gasteiger partial charge in [0.15, 0.2) is 0 Å². The minimum atomic E-state index is -3.95. The summed E-state index contributed by atoms with van der Waals surface area (Å²) in [5.74, 6) is -1.49. The van der Waals surface area contributed by atoms with Crippen LogP contribution in [-0.2, 0) is 21.2 Å². The zero-order valence-electron chi connectivity index (χ0n) is 16.4. The van der Waals surface area contributed by atoms with Crippen molar-refractivity contribution in [2.24, 2.45) is 0 Å². The second kappa shape index (κ2) is 10.0. The van der Waals surface area contributed by atoms with Gasteiger partial charge in [0.2, 0.25) is 0 Å². The number of benzene rings is 2. The number of hydrazine groups is 1. The van der Waals surface area contributed by atoms with Crippen molar-refractivity contribution in [2.45, 2.75) is 31.6 Å². The summed E-state index contributed by atoms with van der Waals surface area (Å²) in [6.45, 7) is 5.77. The quantitative estimate of drug-likeness (QED) is 0.508. The van der Waals surface area contributed by atoms with Crippen molar-refractivity contribution >= 4 is 27.6 Å². The van der Waals surface area contributed by atoms with E-state index in [0.717, 1.165) is 18.8 Å². The summed E-state index contributed by atoms with van der Waals surface area (Å²) in [5, 5.41) is 8.69. The molecule has 1 amide bonds. The number of carboxylic acids is 1. The van der Waals surface area contributed by atoms with Crippen LogP contribution in [0, 0.1) is 0 Å². The topological polar surface area (TPSA) is 116 Å². The van der Waals surface area contributed by atoms with E-state index in [2.05, 4.69) is 15.2 Å². The number of rotatable bonds is 10. The molecule has 9 heteroatoms. The molecule has 0 aliphatic heterocycles. The van der Waals surface area contributed by atoms with Crippen molar-refractivity contribution in [3.05, 3.63) is 59.7 Å². The number of nitrogens with one attached hydrogen (secondary N) is 2. The lowest BCUT2D eigenvalue weighted by molar-refractivity contribution is -0.136. The molecule has 0 saturated heterocycles. The summed E-state index contributed by atoms with van der Waals surface area (Å²) in [5.41, 5.74) is 4.22. The summed E-state index contributed by atoms with van der Waals surface area (Å²) in [6.07, 6.45) is 0.275. The predicted octanol–water partition coefficient (Wildman–Crippen LogP) is 2.17. The number of amides is 1. The van der Waals surface area contributed by atoms with E-state index in [0.29, 0.717) is 17.5 Å². The third-order valence-corrected chi connectivity index (χ3v) is 5.68. The number of hydrogen-bond acceptors (Lipinski definition) is 5. The molecule has 8 nitrogen and oxygen atoms in total. The Morgan fingerprint density at radius 1 is 0.966 bits per heavy atom. The molecule has 3 N–H and O–H groups in total. The monoisotopic (exact) mass is 419 g/mol. The molecule has 0 heterocycles. The van der Waals surface area contributed by atoms with Crippen LogP contribution in [0.5, 0.6) is 0 Å². The normalized spacial score (nSPS) is 11.1. The zero-order chi connectivity index (χ0) is 21.4. The lowest BCUT2D eigenvalue weighted by Crippen LogP contribution is -2.41. The van der Waals surface area contributed by atoms with Gasteiger partial charge in [-0.3, -0.25) is 15.0 Å². The van der Waals surface area contributed by atoms with Crippen molar-refractivity contribution in [1.82, 2.24) is 10.3 Å². The number of carboxylic acid groups (broad SMARTS) is 1. The fourth-order valence-electron chi connectivity index (χ4n) is 2.74. The van der Waals surface area contributed by atoms with E-state index in [1.54, 1.807) is 24.3 Å². The van der Waals surface area contributed by atoms with Gasteiger partial charge in [0.05, 0.1) is 4.90 Å². The average Bonchev–Trinajstić information content (AvgIpc) is 2.72. The number of sulfonamides is 1. The van der Waals surface area contributed by atoms with Crippen LogP contribution in [0.4, 0.5) is 5.69 Å². The number of nitrogens with zero attached hydrogens (tertiary/aromatic N) is 1. The number of aliphatic carboxylic acids is 1. The van der Waals surface area contributed by atoms with Crippen molar-refractivity contribution in [2.75, 3.05) is 18.0 Å². The van der Waals surface area contributed by atoms with Crippen LogP contribution in [0.2, 0.25) is 0 Å². The standard InChI is InChI=1S/C20H25N3O5S/c1-3-23(4-2)17-10-8-16(9-11-17)20(26)21-22-29(27,28)18-12-5-15(6-13-18)7-14-19(24)25/h5-6,8-13,22H,3-4,7,14H2,1-2H3,(H,21,26)(H,24,25). The lowest BCUT2D eigenvalue weighted by Gasteiger charge is -2.21. The molecule has 0 atom stereocenters. The van der Waals surface area contributed by atoms with Gasteiger partial charge in [0.25, 0.3) is 15.9 Å². The van der Waals surface area contributed by atoms with Crippen molar-refractivity contribution < 1.29 is 23.1 Å². The van der Waals surface area contributed by atoms with Gasteiger partial charge >= 0.3 is 5.97 Å². The summed E-state index contributed by atoms with van der Waals surface area (Å²) < 4.78 is 24.7. The van der Waals surface area contributed by atoms with Crippen LogP contribution in [0.1, 0.15) is 36.2 Å². The van der Waals surface area contributed by atoms with E-state index in [1.807, 2.05) is 26.0 Å². The molecule has 0 radical (unpaired) electrons. The smallest absolute Gasteiger partial charge is 0.303 e. The van der Waals surface area contributed by atoms with Crippen LogP contribution >= 0.6 is 0 Å². The van der Waals surface area contributed by atoms with Gasteiger partial charge in [0, 0.05) is 30.8 Å². The Kier molecular flexibility index (Phi) is 7.74. The molecular formula is C20H25N3O5S. The van der Waals surface area contributed by atoms with Gasteiger partial charge < -0.3 is 10.0 Å². The predicted molar refractivity (Wildman–Crippen MR) is 110 cm³/mol. The van der Waals surface area contributed by atoms with Gasteiger partial charge in [-0.25, -0.2) is 8.42 Å². The highest BCUT2D eigenvalue weighted by Crippen LogP contribution is 2.15. The van der Waals surface area contributed by atoms with Gasteiger partial charge in [-0.05, 0) is 62.2 Å². The SMILES string of the molecule is CCN(CC)c1ccc(C(=O)NNS(=O)(=O)c2ccc(CCC(=O)O)cc2)cc1. The van der Waals surface area contributed by atoms with Crippen LogP contribution < -0.4 is 15.2 Å². The molecular weight excluding hydrogens is 394 g/mol. The first kappa shape index (κ1) is 22.4. The molecule has 0 spiro atoms. The van der Waals surface area contributed by atoms with Gasteiger partial charge in [-0.2, -0.15) is 0 Å². The molecule has 0 aliphatic carbocycles. The number of carbonyl (C=O) groups is 2. The van der Waals surface area contributed by atoms with Gasteiger partial charge in [-0.15, -0.1) is 4.83 Å². The number of aryl methyl sites for hydroxylation is 1. The molecule has 0 bridgehead atoms. The third kappa shape index (κ3) is 6.30. The Labute approximate surface area is 170 Å². The number of hydrogen-bond donors (Lipinski definition) is 3. The Morgan fingerprint density at radius 2 is 1.55 bits per heavy atom. The van der Waals surface area contributed by atoms with E-state index < -0.39 is 21.9 Å². The molecule has 2 rings (SSSR count). The molecule has 156 valence electrons. The molecule has 0 fully saturated rings. The Bertz CT molecular complexity index is 937. The number of anilines is 1. The first-order valence-electron chi connectivity index (χ1n) is 9.24. The number of carbonyl (C=O) groups excluding carboxylic acids is 1. The zero-order valence-corrected chi connectivity index (χ0v) is 17.2. The summed E-state index contributed by atoms with van der Waals surface area (Å²) in [4.78, 5) is 27.0. The highest BCUT2D eigenvalue weighted by molar-refractivity contribution is 7.89. The molecule has 0 saturated carbocycles. The van der Waals surface area contributed by atoms with E-state index >= 15 is 0 Å². The maximum Gasteiger partial charge on any atom is 0.303 e. The Morgan fingerprint density at radius 3 is 2.07 bits per heavy atom. The van der Waals surface area contributed by atoms with Crippen molar-refractivity contribution in [3.8, 4) is 0 Å². The minimum Gasteiger partial charge on any atom is -0.481 e. The van der Waals surface area contributed by atoms with Crippen LogP contribution in [0.15, 0.2) is 53.4 Å². The fourth-order valence-corrected chi connectivity index (χ4v) is 3.58. The highest BCUT2D eigenvalue weighted by Gasteiger charge is 2.16. The van der Waals surface area contributed by atoms with Crippen LogP contribution in [-0.4, -0.2) is 38.5 Å². The first-order valence-corrected chi connectivity index (χ1v) is 10.7. The minimum absolute atomic E-state index is 0.0336. The Balaban J connectivity index is 1.98. The molecule has 0 unspecified atom stereocenters. The Hall–Kier alpha value is -2.91. The van der Waals surface area contributed by atoms with Crippen molar-refractivity contribution in [3.63, 3.8) is 0 Å². The van der Waals surface area contributed by atoms with E-state index in [9.17, 15) is 18.0 Å². The van der Waals surface area contributed by atoms with Crippen LogP contribution in [0.25, 0.3) is 0 Å². The van der Waals surface area contributed by atoms with E-state index in [-0.39, 0.29) is 11.3 Å². The maximum absolute atomic E-state index is 12.3. The molecule has 2 aromatic carbocycles. The largest absolute Gasteiger partial charge is 0.481 e. The molecule has 29 heavy (non-hydrogen) atoms. The summed E-state index contributed by atoms with van der Waals surface area (Å²) in [6, 6.07) is 12.7. The average molecular weight is 420 g/mol. The second-order valence-electron chi connectivity index (χ2n) is 6.32. The van der Waals surface area contributed by atoms with Gasteiger partial charge in [0.1, 0.15) is 0 Å². The molecule has 2 aromatic rings. The molecule has 0 aromatic heterocycles. The van der Waals surface area contributed by atoms with Crippen molar-refractivity contribution in [1.29, 1.82) is 0 Å². The first-order chi connectivity index (χ1) is 13.8. The fraction of sp³-hybridized carbons (Fsp3) is 0.300. The van der Waals surface area contributed by atoms with E-state index in [1.165, 1.54) is 12.1 Å². The lowest BCUT2D eigenvalue weighted by atomic mass is 10.1. The summed E-state index contributed by atoms with van der Waals surface area (Å²) in [7, 11) is -3.95. The van der Waals surface area contributed by atoms with Crippen LogP contribution in [0.3, 0.4) is 0 Å². The van der Waals surface area contributed by atoms with Gasteiger partial charge in [-0.1, -0.05) is 12.1 Å². The third-order valence-electron chi connectivity index (χ3n) is 4.42.